The lowest BCUT2D eigenvalue weighted by atomic mass is 10.2. The second kappa shape index (κ2) is 2.81. The quantitative estimate of drug-likeness (QED) is 0.688. The van der Waals surface area contributed by atoms with Crippen LogP contribution in [-0.2, 0) is 0 Å². The Morgan fingerprint density at radius 3 is 2.58 bits per heavy atom. The zero-order valence-electron chi connectivity index (χ0n) is 7.62. The number of hydrogen-bond acceptors (Lipinski definition) is 2. The first kappa shape index (κ1) is 7.65. The molecule has 2 unspecified atom stereocenters. The Balaban J connectivity index is 2.22. The third-order valence-corrected chi connectivity index (χ3v) is 2.73. The highest BCUT2D eigenvalue weighted by atomic mass is 15.2. The van der Waals surface area contributed by atoms with Crippen LogP contribution in [-0.4, -0.2) is 22.3 Å². The van der Waals surface area contributed by atoms with Gasteiger partial charge in [-0.2, -0.15) is 5.10 Å². The van der Waals surface area contributed by atoms with E-state index in [0.717, 1.165) is 0 Å². The van der Waals surface area contributed by atoms with Gasteiger partial charge in [-0.05, 0) is 26.7 Å². The van der Waals surface area contributed by atoms with Gasteiger partial charge in [0.05, 0.1) is 11.9 Å². The molecule has 2 rings (SSSR count). The van der Waals surface area contributed by atoms with Crippen LogP contribution in [0.3, 0.4) is 0 Å². The first-order chi connectivity index (χ1) is 5.79. The lowest BCUT2D eigenvalue weighted by Crippen LogP contribution is -2.32. The summed E-state index contributed by atoms with van der Waals surface area (Å²) in [6.07, 6.45) is 6.47. The molecule has 1 aliphatic heterocycles. The third-order valence-electron chi connectivity index (χ3n) is 2.73. The van der Waals surface area contributed by atoms with Crippen LogP contribution in [0, 0.1) is 0 Å². The molecule has 0 aromatic carbocycles. The molecule has 3 nitrogen and oxygen atoms in total. The Morgan fingerprint density at radius 1 is 1.42 bits per heavy atom. The molecule has 1 fully saturated rings. The van der Waals surface area contributed by atoms with E-state index in [2.05, 4.69) is 28.9 Å². The van der Waals surface area contributed by atoms with E-state index < -0.39 is 0 Å². The minimum atomic E-state index is 0.664. The molecule has 1 N–H and O–H groups in total. The molecule has 1 saturated heterocycles. The van der Waals surface area contributed by atoms with Gasteiger partial charge in [-0.25, -0.2) is 0 Å². The van der Waals surface area contributed by atoms with Gasteiger partial charge in [-0.15, -0.1) is 0 Å². The SMILES string of the molecule is CC1CCC(C)N1c1cn[nH]c1. The summed E-state index contributed by atoms with van der Waals surface area (Å²) in [4.78, 5) is 2.43. The van der Waals surface area contributed by atoms with E-state index in [9.17, 15) is 0 Å². The van der Waals surface area contributed by atoms with Gasteiger partial charge in [0.15, 0.2) is 0 Å². The molecule has 1 aromatic rings. The maximum atomic E-state index is 3.97. The van der Waals surface area contributed by atoms with E-state index in [-0.39, 0.29) is 0 Å². The van der Waals surface area contributed by atoms with Gasteiger partial charge in [-0.1, -0.05) is 0 Å². The summed E-state index contributed by atoms with van der Waals surface area (Å²) < 4.78 is 0. The van der Waals surface area contributed by atoms with Gasteiger partial charge < -0.3 is 4.90 Å². The van der Waals surface area contributed by atoms with Crippen LogP contribution >= 0.6 is 0 Å². The van der Waals surface area contributed by atoms with Crippen molar-refractivity contribution in [1.29, 1.82) is 0 Å². The zero-order chi connectivity index (χ0) is 8.55. The van der Waals surface area contributed by atoms with Crippen molar-refractivity contribution in [3.63, 3.8) is 0 Å². The van der Waals surface area contributed by atoms with Crippen LogP contribution < -0.4 is 4.90 Å². The fourth-order valence-electron chi connectivity index (χ4n) is 2.09. The number of nitrogens with one attached hydrogen (secondary N) is 1. The molecular formula is C9H15N3. The second-order valence-corrected chi connectivity index (χ2v) is 3.64. The zero-order valence-corrected chi connectivity index (χ0v) is 7.62. The molecule has 66 valence electrons. The van der Waals surface area contributed by atoms with Gasteiger partial charge >= 0.3 is 0 Å². The molecular weight excluding hydrogens is 150 g/mol. The Kier molecular flexibility index (Phi) is 1.79. The molecule has 1 aromatic heterocycles. The Bertz CT molecular complexity index is 232. The largest absolute Gasteiger partial charge is 0.364 e. The molecule has 2 atom stereocenters. The van der Waals surface area contributed by atoms with Crippen molar-refractivity contribution in [2.24, 2.45) is 0 Å². The first-order valence-corrected chi connectivity index (χ1v) is 4.56. The maximum absolute atomic E-state index is 3.97. The molecule has 2 heterocycles. The summed E-state index contributed by atoms with van der Waals surface area (Å²) in [7, 11) is 0. The van der Waals surface area contributed by atoms with Gasteiger partial charge in [0.2, 0.25) is 0 Å². The summed E-state index contributed by atoms with van der Waals surface area (Å²) in [6, 6.07) is 1.33. The molecule has 3 heteroatoms. The highest BCUT2D eigenvalue weighted by Gasteiger charge is 2.27. The Hall–Kier alpha value is -0.990. The van der Waals surface area contributed by atoms with Crippen LogP contribution in [0.25, 0.3) is 0 Å². The normalized spacial score (nSPS) is 29.7. The fraction of sp³-hybridized carbons (Fsp3) is 0.667. The molecule has 0 radical (unpaired) electrons. The monoisotopic (exact) mass is 165 g/mol. The van der Waals surface area contributed by atoms with Gasteiger partial charge in [0.1, 0.15) is 0 Å². The molecule has 0 bridgehead atoms. The topological polar surface area (TPSA) is 31.9 Å². The van der Waals surface area contributed by atoms with Crippen LogP contribution in [0.5, 0.6) is 0 Å². The van der Waals surface area contributed by atoms with Gasteiger partial charge in [0, 0.05) is 18.3 Å². The van der Waals surface area contributed by atoms with Crippen LogP contribution in [0.2, 0.25) is 0 Å². The number of rotatable bonds is 1. The highest BCUT2D eigenvalue weighted by Crippen LogP contribution is 2.28. The minimum Gasteiger partial charge on any atom is -0.364 e. The van der Waals surface area contributed by atoms with Crippen molar-refractivity contribution >= 4 is 5.69 Å². The summed E-state index contributed by atoms with van der Waals surface area (Å²) >= 11 is 0. The molecule has 0 amide bonds. The number of nitrogens with zero attached hydrogens (tertiary/aromatic N) is 2. The van der Waals surface area contributed by atoms with Crippen molar-refractivity contribution in [3.05, 3.63) is 12.4 Å². The number of aromatic nitrogens is 2. The summed E-state index contributed by atoms with van der Waals surface area (Å²) in [5.74, 6) is 0. The standard InChI is InChI=1S/C9H15N3/c1-7-3-4-8(2)12(7)9-5-10-11-6-9/h5-8H,3-4H2,1-2H3,(H,10,11). The van der Waals surface area contributed by atoms with Crippen molar-refractivity contribution in [2.75, 3.05) is 4.90 Å². The van der Waals surface area contributed by atoms with Crippen LogP contribution in [0.4, 0.5) is 5.69 Å². The van der Waals surface area contributed by atoms with Crippen LogP contribution in [0.1, 0.15) is 26.7 Å². The first-order valence-electron chi connectivity index (χ1n) is 4.56. The molecule has 1 aliphatic rings. The predicted octanol–water partition coefficient (Wildman–Crippen LogP) is 1.79. The maximum Gasteiger partial charge on any atom is 0.0754 e. The van der Waals surface area contributed by atoms with E-state index >= 15 is 0 Å². The van der Waals surface area contributed by atoms with E-state index in [1.807, 2.05) is 12.4 Å². The third kappa shape index (κ3) is 1.09. The van der Waals surface area contributed by atoms with Crippen molar-refractivity contribution < 1.29 is 0 Å². The van der Waals surface area contributed by atoms with Crippen LogP contribution in [0.15, 0.2) is 12.4 Å². The summed E-state index contributed by atoms with van der Waals surface area (Å²) in [6.45, 7) is 4.55. The number of aromatic amines is 1. The minimum absolute atomic E-state index is 0.664. The average Bonchev–Trinajstić information content (AvgIpc) is 2.61. The molecule has 0 saturated carbocycles. The lowest BCUT2D eigenvalue weighted by molar-refractivity contribution is 0.694. The average molecular weight is 165 g/mol. The van der Waals surface area contributed by atoms with Crippen molar-refractivity contribution in [3.8, 4) is 0 Å². The van der Waals surface area contributed by atoms with Gasteiger partial charge in [-0.3, -0.25) is 5.10 Å². The fourth-order valence-corrected chi connectivity index (χ4v) is 2.09. The van der Waals surface area contributed by atoms with E-state index in [0.29, 0.717) is 12.1 Å². The molecule has 12 heavy (non-hydrogen) atoms. The summed E-state index contributed by atoms with van der Waals surface area (Å²) in [5.41, 5.74) is 1.23. The lowest BCUT2D eigenvalue weighted by Gasteiger charge is -2.26. The molecule has 0 aliphatic carbocycles. The Morgan fingerprint density at radius 2 is 2.08 bits per heavy atom. The van der Waals surface area contributed by atoms with Crippen molar-refractivity contribution in [2.45, 2.75) is 38.8 Å². The second-order valence-electron chi connectivity index (χ2n) is 3.64. The van der Waals surface area contributed by atoms with E-state index in [1.165, 1.54) is 18.5 Å². The van der Waals surface area contributed by atoms with Gasteiger partial charge in [0.25, 0.3) is 0 Å². The van der Waals surface area contributed by atoms with E-state index in [4.69, 9.17) is 0 Å². The van der Waals surface area contributed by atoms with Crippen molar-refractivity contribution in [1.82, 2.24) is 10.2 Å². The highest BCUT2D eigenvalue weighted by molar-refractivity contribution is 5.45. The molecule has 0 spiro atoms. The smallest absolute Gasteiger partial charge is 0.0754 e. The Labute approximate surface area is 72.8 Å². The number of hydrogen-bond donors (Lipinski definition) is 1. The number of H-pyrrole nitrogens is 1. The van der Waals surface area contributed by atoms with E-state index in [1.54, 1.807) is 0 Å². The predicted molar refractivity (Wildman–Crippen MR) is 49.2 cm³/mol. The number of anilines is 1. The summed E-state index contributed by atoms with van der Waals surface area (Å²) in [5, 5.41) is 6.83.